The summed E-state index contributed by atoms with van der Waals surface area (Å²) in [4.78, 5) is 23.3. The minimum atomic E-state index is -0.921. The van der Waals surface area contributed by atoms with Gasteiger partial charge in [-0.2, -0.15) is 0 Å². The van der Waals surface area contributed by atoms with Gasteiger partial charge in [-0.3, -0.25) is 4.79 Å². The van der Waals surface area contributed by atoms with E-state index in [1.54, 1.807) is 30.3 Å². The van der Waals surface area contributed by atoms with E-state index in [1.165, 1.54) is 18.3 Å². The Morgan fingerprint density at radius 2 is 1.90 bits per heavy atom. The summed E-state index contributed by atoms with van der Waals surface area (Å²) in [5.41, 5.74) is 1.50. The van der Waals surface area contributed by atoms with E-state index >= 15 is 0 Å². The molecule has 5 heteroatoms. The van der Waals surface area contributed by atoms with Crippen molar-refractivity contribution in [3.8, 4) is 5.75 Å². The van der Waals surface area contributed by atoms with E-state index in [9.17, 15) is 9.59 Å². The third-order valence-electron chi connectivity index (χ3n) is 2.89. The molecule has 0 aliphatic carbocycles. The van der Waals surface area contributed by atoms with Crippen LogP contribution in [0.5, 0.6) is 5.75 Å². The highest BCUT2D eigenvalue weighted by molar-refractivity contribution is 7.14. The van der Waals surface area contributed by atoms with Crippen molar-refractivity contribution in [1.29, 1.82) is 0 Å². The Morgan fingerprint density at radius 3 is 2.40 bits per heavy atom. The maximum Gasteiger partial charge on any atom is 0.345 e. The molecule has 0 aliphatic heterocycles. The molecular formula is C15H14O4S. The number of hydrogen-bond acceptors (Lipinski definition) is 4. The molecule has 0 atom stereocenters. The number of carbonyl (C=O) groups excluding carboxylic acids is 1. The molecule has 2 aromatic rings. The standard InChI is InChI=1S/C15H14O4S/c1-9(16)11-3-5-13(6-4-11)19-8-12-7-14(15(17)18)20-10(12)2/h3-7H,8H2,1-2H3,(H,17,18). The summed E-state index contributed by atoms with van der Waals surface area (Å²) >= 11 is 1.24. The molecule has 0 radical (unpaired) electrons. The van der Waals surface area contributed by atoms with Gasteiger partial charge in [-0.05, 0) is 44.2 Å². The fourth-order valence-electron chi connectivity index (χ4n) is 1.72. The molecule has 0 unspecified atom stereocenters. The molecule has 20 heavy (non-hydrogen) atoms. The number of ether oxygens (including phenoxy) is 1. The van der Waals surface area contributed by atoms with Crippen LogP contribution in [0.3, 0.4) is 0 Å². The zero-order chi connectivity index (χ0) is 14.7. The number of hydrogen-bond donors (Lipinski definition) is 1. The van der Waals surface area contributed by atoms with E-state index in [-0.39, 0.29) is 5.78 Å². The molecule has 104 valence electrons. The van der Waals surface area contributed by atoms with E-state index in [4.69, 9.17) is 9.84 Å². The number of thiophene rings is 1. The number of aryl methyl sites for hydroxylation is 1. The molecule has 4 nitrogen and oxygen atoms in total. The maximum absolute atomic E-state index is 11.2. The van der Waals surface area contributed by atoms with Crippen molar-refractivity contribution in [2.24, 2.45) is 0 Å². The number of Topliss-reactive ketones (excluding diaryl/α,β-unsaturated/α-hetero) is 1. The van der Waals surface area contributed by atoms with Crippen molar-refractivity contribution in [3.05, 3.63) is 51.2 Å². The van der Waals surface area contributed by atoms with Crippen molar-refractivity contribution in [2.75, 3.05) is 0 Å². The van der Waals surface area contributed by atoms with Gasteiger partial charge in [0.15, 0.2) is 5.78 Å². The van der Waals surface area contributed by atoms with Crippen LogP contribution in [0, 0.1) is 6.92 Å². The molecule has 1 N–H and O–H groups in total. The zero-order valence-electron chi connectivity index (χ0n) is 11.2. The Kier molecular flexibility index (Phi) is 4.20. The van der Waals surface area contributed by atoms with Crippen LogP contribution in [0.25, 0.3) is 0 Å². The lowest BCUT2D eigenvalue weighted by Gasteiger charge is -2.06. The van der Waals surface area contributed by atoms with Gasteiger partial charge in [0.1, 0.15) is 17.2 Å². The first-order valence-corrected chi connectivity index (χ1v) is 6.85. The van der Waals surface area contributed by atoms with Gasteiger partial charge in [-0.25, -0.2) is 4.79 Å². The summed E-state index contributed by atoms with van der Waals surface area (Å²) in [6.07, 6.45) is 0. The molecule has 0 amide bonds. The number of ketones is 1. The first-order valence-electron chi connectivity index (χ1n) is 6.04. The quantitative estimate of drug-likeness (QED) is 0.855. The predicted octanol–water partition coefficient (Wildman–Crippen LogP) is 3.54. The van der Waals surface area contributed by atoms with Gasteiger partial charge in [-0.15, -0.1) is 11.3 Å². The van der Waals surface area contributed by atoms with Crippen LogP contribution >= 0.6 is 11.3 Å². The minimum absolute atomic E-state index is 0.0105. The number of aromatic carboxylic acids is 1. The van der Waals surface area contributed by atoms with E-state index in [0.717, 1.165) is 10.4 Å². The Labute approximate surface area is 120 Å². The minimum Gasteiger partial charge on any atom is -0.489 e. The highest BCUT2D eigenvalue weighted by atomic mass is 32.1. The molecular weight excluding hydrogens is 276 g/mol. The van der Waals surface area contributed by atoms with Gasteiger partial charge in [0.25, 0.3) is 0 Å². The van der Waals surface area contributed by atoms with Gasteiger partial charge < -0.3 is 9.84 Å². The van der Waals surface area contributed by atoms with Gasteiger partial charge >= 0.3 is 5.97 Å². The average molecular weight is 290 g/mol. The smallest absolute Gasteiger partial charge is 0.345 e. The molecule has 1 heterocycles. The summed E-state index contributed by atoms with van der Waals surface area (Å²) in [6, 6.07) is 8.51. The van der Waals surface area contributed by atoms with E-state index in [1.807, 2.05) is 6.92 Å². The number of carboxylic acids is 1. The second kappa shape index (κ2) is 5.88. The van der Waals surface area contributed by atoms with Crippen molar-refractivity contribution in [2.45, 2.75) is 20.5 Å². The highest BCUT2D eigenvalue weighted by Crippen LogP contribution is 2.23. The lowest BCUT2D eigenvalue weighted by molar-refractivity contribution is 0.0702. The molecule has 2 rings (SSSR count). The van der Waals surface area contributed by atoms with Crippen LogP contribution in [-0.2, 0) is 6.61 Å². The first kappa shape index (κ1) is 14.3. The van der Waals surface area contributed by atoms with E-state index < -0.39 is 5.97 Å². The van der Waals surface area contributed by atoms with E-state index in [0.29, 0.717) is 22.8 Å². The molecule has 1 aromatic heterocycles. The second-order valence-electron chi connectivity index (χ2n) is 4.37. The summed E-state index contributed by atoms with van der Waals surface area (Å²) in [5.74, 6) is -0.260. The highest BCUT2D eigenvalue weighted by Gasteiger charge is 2.11. The third kappa shape index (κ3) is 3.24. The normalized spacial score (nSPS) is 10.3. The van der Waals surface area contributed by atoms with Gasteiger partial charge in [0, 0.05) is 16.0 Å². The third-order valence-corrected chi connectivity index (χ3v) is 3.97. The second-order valence-corrected chi connectivity index (χ2v) is 5.62. The number of carboxylic acid groups (broad SMARTS) is 1. The zero-order valence-corrected chi connectivity index (χ0v) is 12.0. The van der Waals surface area contributed by atoms with Crippen LogP contribution in [0.2, 0.25) is 0 Å². The maximum atomic E-state index is 11.2. The van der Waals surface area contributed by atoms with Crippen molar-refractivity contribution >= 4 is 23.1 Å². The van der Waals surface area contributed by atoms with Crippen LogP contribution in [-0.4, -0.2) is 16.9 Å². The molecule has 0 saturated heterocycles. The number of rotatable bonds is 5. The van der Waals surface area contributed by atoms with Crippen molar-refractivity contribution in [3.63, 3.8) is 0 Å². The monoisotopic (exact) mass is 290 g/mol. The first-order chi connectivity index (χ1) is 9.47. The number of carbonyl (C=O) groups is 2. The summed E-state index contributed by atoms with van der Waals surface area (Å²) in [7, 11) is 0. The largest absolute Gasteiger partial charge is 0.489 e. The Balaban J connectivity index is 2.05. The van der Waals surface area contributed by atoms with Crippen molar-refractivity contribution < 1.29 is 19.4 Å². The van der Waals surface area contributed by atoms with E-state index in [2.05, 4.69) is 0 Å². The lowest BCUT2D eigenvalue weighted by Crippen LogP contribution is -1.97. The topological polar surface area (TPSA) is 63.6 Å². The SMILES string of the molecule is CC(=O)c1ccc(OCc2cc(C(=O)O)sc2C)cc1. The van der Waals surface area contributed by atoms with Crippen LogP contribution < -0.4 is 4.74 Å². The van der Waals surface area contributed by atoms with Gasteiger partial charge in [-0.1, -0.05) is 0 Å². The predicted molar refractivity (Wildman–Crippen MR) is 76.8 cm³/mol. The Bertz CT molecular complexity index is 640. The molecule has 0 bridgehead atoms. The van der Waals surface area contributed by atoms with Crippen LogP contribution in [0.15, 0.2) is 30.3 Å². The average Bonchev–Trinajstić information content (AvgIpc) is 2.78. The van der Waals surface area contributed by atoms with Gasteiger partial charge in [0.2, 0.25) is 0 Å². The Morgan fingerprint density at radius 1 is 1.25 bits per heavy atom. The summed E-state index contributed by atoms with van der Waals surface area (Å²) in [5, 5.41) is 8.93. The fourth-order valence-corrected chi connectivity index (χ4v) is 2.58. The number of benzene rings is 1. The van der Waals surface area contributed by atoms with Gasteiger partial charge in [0.05, 0.1) is 0 Å². The Hall–Kier alpha value is -2.14. The molecule has 0 spiro atoms. The molecule has 0 fully saturated rings. The molecule has 1 aromatic carbocycles. The van der Waals surface area contributed by atoms with Crippen LogP contribution in [0.1, 0.15) is 37.4 Å². The molecule has 0 aliphatic rings. The fraction of sp³-hybridized carbons (Fsp3) is 0.200. The van der Waals surface area contributed by atoms with Crippen molar-refractivity contribution in [1.82, 2.24) is 0 Å². The lowest BCUT2D eigenvalue weighted by atomic mass is 10.1. The molecule has 0 saturated carbocycles. The summed E-state index contributed by atoms with van der Waals surface area (Å²) in [6.45, 7) is 3.70. The summed E-state index contributed by atoms with van der Waals surface area (Å²) < 4.78 is 5.60. The van der Waals surface area contributed by atoms with Crippen LogP contribution in [0.4, 0.5) is 0 Å².